The third-order valence-electron chi connectivity index (χ3n) is 17.2. The van der Waals surface area contributed by atoms with Gasteiger partial charge in [0.15, 0.2) is 0 Å². The Labute approximate surface area is 540 Å². The first-order chi connectivity index (χ1) is 43.4. The van der Waals surface area contributed by atoms with E-state index in [1.165, 1.54) is 38.3 Å². The quantitative estimate of drug-likeness (QED) is 0.0354. The first-order valence-corrected chi connectivity index (χ1v) is 31.6. The number of likely N-dealkylation sites (tertiary alicyclic amines) is 1. The molecule has 0 spiro atoms. The number of amides is 12. The van der Waals surface area contributed by atoms with Crippen molar-refractivity contribution in [3.8, 4) is 0 Å². The van der Waals surface area contributed by atoms with Crippen molar-refractivity contribution in [1.29, 1.82) is 0 Å². The molecule has 12 amide bonds. The zero-order chi connectivity index (χ0) is 68.8. The minimum atomic E-state index is -1.41. The lowest BCUT2D eigenvalue weighted by atomic mass is 9.89. The van der Waals surface area contributed by atoms with Gasteiger partial charge in [0.25, 0.3) is 11.8 Å². The SMILES string of the molecule is CCC(C)[C@H]([C@@H](CC(=O)N1CCCC1[C@H](OC)[C@H](C)C(=O)N[C@H](C)[C@@H](O)c1ccccc1)OC)N(C)C(=O)[C@H](NC(=O)C(C(C)C)N(C)C(=O)OCc1ccc(NC(=O)[C@H](CCCNC(N)=O)NC(=O)[C@@H](NC(=O)[C@H](CN)N2C(=O)C=CC2=O)C(C)C)cc1)C(C)C. The van der Waals surface area contributed by atoms with E-state index in [2.05, 4.69) is 31.9 Å². The maximum Gasteiger partial charge on any atom is 0.410 e. The molecule has 0 radical (unpaired) electrons. The Morgan fingerprint density at radius 2 is 1.34 bits per heavy atom. The summed E-state index contributed by atoms with van der Waals surface area (Å²) < 4.78 is 17.7. The highest BCUT2D eigenvalue weighted by atomic mass is 16.6. The van der Waals surface area contributed by atoms with E-state index in [1.54, 1.807) is 91.6 Å². The summed E-state index contributed by atoms with van der Waals surface area (Å²) in [4.78, 5) is 153. The van der Waals surface area contributed by atoms with Gasteiger partial charge >= 0.3 is 12.1 Å². The van der Waals surface area contributed by atoms with E-state index in [4.69, 9.17) is 25.7 Å². The molecule has 2 aromatic carbocycles. The molecule has 13 atom stereocenters. The summed E-state index contributed by atoms with van der Waals surface area (Å²) >= 11 is 0. The lowest BCUT2D eigenvalue weighted by Crippen LogP contribution is -2.60. The van der Waals surface area contributed by atoms with E-state index >= 15 is 0 Å². The average molecular weight is 1290 g/mol. The molecular weight excluding hydrogens is 1190 g/mol. The third kappa shape index (κ3) is 20.8. The second-order valence-electron chi connectivity index (χ2n) is 24.9. The van der Waals surface area contributed by atoms with Gasteiger partial charge in [-0.15, -0.1) is 0 Å². The number of aliphatic hydroxyl groups excluding tert-OH is 1. The lowest BCUT2D eigenvalue weighted by molar-refractivity contribution is -0.148. The van der Waals surface area contributed by atoms with Crippen LogP contribution in [0, 0.1) is 29.6 Å². The number of urea groups is 1. The van der Waals surface area contributed by atoms with Crippen LogP contribution >= 0.6 is 0 Å². The number of methoxy groups -OCH3 is 2. The molecule has 4 rings (SSSR count). The average Bonchev–Trinajstić information content (AvgIpc) is 1.42. The summed E-state index contributed by atoms with van der Waals surface area (Å²) in [5.41, 5.74) is 12.5. The topological polar surface area (TPSA) is 373 Å². The maximum absolute atomic E-state index is 14.8. The number of likely N-dealkylation sites (N-methyl/N-ethyl adjacent to an activating group) is 2. The molecule has 3 unspecified atom stereocenters. The number of imide groups is 1. The van der Waals surface area contributed by atoms with Gasteiger partial charge in [-0.3, -0.25) is 53.0 Å². The highest BCUT2D eigenvalue weighted by molar-refractivity contribution is 6.15. The van der Waals surface area contributed by atoms with Crippen molar-refractivity contribution in [2.75, 3.05) is 53.3 Å². The minimum absolute atomic E-state index is 0.0110. The van der Waals surface area contributed by atoms with E-state index in [-0.39, 0.29) is 55.8 Å². The maximum atomic E-state index is 14.8. The van der Waals surface area contributed by atoms with Gasteiger partial charge in [-0.1, -0.05) is 111 Å². The number of ether oxygens (including phenoxy) is 3. The summed E-state index contributed by atoms with van der Waals surface area (Å²) in [5.74, 6) is -7.68. The number of aliphatic hydroxyl groups is 1. The van der Waals surface area contributed by atoms with Crippen molar-refractivity contribution in [2.45, 2.75) is 181 Å². The standard InChI is InChI=1S/C65H100N12O15/c1-15-39(8)55(48(90-13)33-51(80)76-32-20-24-46(76)57(91-14)40(9)58(82)69-41(10)56(81)43-21-17-16-18-22-43)74(11)63(87)53(37(4)5)73-62(86)54(38(6)7)75(12)65(89)92-35-42-25-27-44(28-26-42)70-59(83)45(23-19-31-68-64(67)88)71-61(85)52(36(2)3)72-60(84)47(34-66)77-49(78)29-30-50(77)79/h16-18,21-22,25-30,36-41,45-48,52-57,81H,15,19-20,23-24,31-35,66H2,1-14H3,(H,69,82)(H,70,83)(H,71,85)(H,72,84)(H,73,86)(H3,67,68,88)/t39?,40-,41+,45-,46?,47-,48+,52-,53+,54?,55+,56+,57+/m0/s1. The molecule has 0 aromatic heterocycles. The predicted molar refractivity (Wildman–Crippen MR) is 343 cm³/mol. The van der Waals surface area contributed by atoms with Crippen LogP contribution in [0.3, 0.4) is 0 Å². The van der Waals surface area contributed by atoms with Crippen molar-refractivity contribution in [3.05, 3.63) is 77.9 Å². The predicted octanol–water partition coefficient (Wildman–Crippen LogP) is 2.84. The van der Waals surface area contributed by atoms with Crippen LogP contribution in [-0.2, 0) is 64.0 Å². The van der Waals surface area contributed by atoms with Crippen molar-refractivity contribution in [3.63, 3.8) is 0 Å². The van der Waals surface area contributed by atoms with Crippen LogP contribution in [0.5, 0.6) is 0 Å². The lowest BCUT2D eigenvalue weighted by Gasteiger charge is -2.41. The summed E-state index contributed by atoms with van der Waals surface area (Å²) in [6.07, 6.45) is 0.745. The molecule has 0 bridgehead atoms. The number of benzene rings is 2. The number of carbonyl (C=O) groups excluding carboxylic acids is 11. The zero-order valence-electron chi connectivity index (χ0n) is 55.8. The van der Waals surface area contributed by atoms with Crippen LogP contribution in [-0.4, -0.2) is 198 Å². The summed E-state index contributed by atoms with van der Waals surface area (Å²) in [7, 11) is 6.05. The number of anilines is 1. The number of hydrogen-bond donors (Lipinski definition) is 9. The highest BCUT2D eigenvalue weighted by Gasteiger charge is 2.45. The van der Waals surface area contributed by atoms with E-state index in [1.807, 2.05) is 32.0 Å². The van der Waals surface area contributed by atoms with Crippen LogP contribution < -0.4 is 43.4 Å². The number of nitrogens with two attached hydrogens (primary N) is 2. The number of hydrogen-bond acceptors (Lipinski definition) is 16. The van der Waals surface area contributed by atoms with Crippen LogP contribution in [0.4, 0.5) is 15.3 Å². The zero-order valence-corrected chi connectivity index (χ0v) is 55.8. The number of carbonyl (C=O) groups is 11. The number of primary amides is 1. The fourth-order valence-electron chi connectivity index (χ4n) is 11.7. The molecule has 1 fully saturated rings. The number of nitrogens with zero attached hydrogens (tertiary/aromatic N) is 4. The Bertz CT molecular complexity index is 2860. The summed E-state index contributed by atoms with van der Waals surface area (Å²) in [6.45, 7) is 17.6. The van der Waals surface area contributed by atoms with Crippen molar-refractivity contribution in [2.24, 2.45) is 41.1 Å². The normalized spacial score (nSPS) is 17.9. The van der Waals surface area contributed by atoms with Crippen LogP contribution in [0.25, 0.3) is 0 Å². The molecule has 510 valence electrons. The van der Waals surface area contributed by atoms with E-state index < -0.39 is 150 Å². The third-order valence-corrected chi connectivity index (χ3v) is 17.2. The second-order valence-corrected chi connectivity index (χ2v) is 24.9. The van der Waals surface area contributed by atoms with Gasteiger partial charge in [-0.2, -0.15) is 0 Å². The first-order valence-electron chi connectivity index (χ1n) is 31.6. The molecule has 2 aliphatic rings. The Kier molecular flexibility index (Phi) is 30.2. The number of rotatable bonds is 35. The van der Waals surface area contributed by atoms with E-state index in [0.29, 0.717) is 41.8 Å². The molecular formula is C65H100N12O15. The number of nitrogens with one attached hydrogen (secondary N) is 6. The minimum Gasteiger partial charge on any atom is -0.445 e. The van der Waals surface area contributed by atoms with Gasteiger partial charge < -0.3 is 72.5 Å². The Balaban J connectivity index is 1.41. The molecule has 27 nitrogen and oxygen atoms in total. The van der Waals surface area contributed by atoms with Crippen LogP contribution in [0.2, 0.25) is 0 Å². The fourth-order valence-corrected chi connectivity index (χ4v) is 11.7. The van der Waals surface area contributed by atoms with Crippen molar-refractivity contribution in [1.82, 2.24) is 46.2 Å². The second kappa shape index (κ2) is 36.3. The fraction of sp³-hybridized carbons (Fsp3) is 0.615. The van der Waals surface area contributed by atoms with Gasteiger partial charge in [0.05, 0.1) is 48.8 Å². The Hall–Kier alpha value is -8.01. The molecule has 27 heteroatoms. The Morgan fingerprint density at radius 3 is 1.88 bits per heavy atom. The van der Waals surface area contributed by atoms with Crippen LogP contribution in [0.1, 0.15) is 125 Å². The van der Waals surface area contributed by atoms with Gasteiger partial charge in [0.1, 0.15) is 36.8 Å². The first kappa shape index (κ1) is 76.4. The molecule has 92 heavy (non-hydrogen) atoms. The van der Waals surface area contributed by atoms with Gasteiger partial charge in [-0.05, 0) is 79.5 Å². The summed E-state index contributed by atoms with van der Waals surface area (Å²) in [6, 6.07) is 6.77. The van der Waals surface area contributed by atoms with Gasteiger partial charge in [0.2, 0.25) is 41.4 Å². The molecule has 11 N–H and O–H groups in total. The monoisotopic (exact) mass is 1290 g/mol. The molecule has 0 aliphatic carbocycles. The van der Waals surface area contributed by atoms with Gasteiger partial charge in [-0.25, -0.2) is 9.59 Å². The molecule has 1 saturated heterocycles. The largest absolute Gasteiger partial charge is 0.445 e. The molecule has 2 aliphatic heterocycles. The summed E-state index contributed by atoms with van der Waals surface area (Å²) in [5, 5.41) is 27.2. The molecule has 2 aromatic rings. The molecule has 0 saturated carbocycles. The highest BCUT2D eigenvalue weighted by Crippen LogP contribution is 2.31. The van der Waals surface area contributed by atoms with Crippen molar-refractivity contribution >= 4 is 71.0 Å². The smallest absolute Gasteiger partial charge is 0.410 e. The van der Waals surface area contributed by atoms with E-state index in [0.717, 1.165) is 17.1 Å². The van der Waals surface area contributed by atoms with Crippen molar-refractivity contribution < 1.29 is 72.1 Å². The van der Waals surface area contributed by atoms with Crippen LogP contribution in [0.15, 0.2) is 66.7 Å². The molecule has 2 heterocycles. The van der Waals surface area contributed by atoms with Gasteiger partial charge in [0, 0.05) is 65.8 Å². The Morgan fingerprint density at radius 1 is 0.728 bits per heavy atom. The van der Waals surface area contributed by atoms with E-state index in [9.17, 15) is 57.8 Å².